The molecule has 0 bridgehead atoms. The van der Waals surface area contributed by atoms with E-state index in [1.54, 1.807) is 17.9 Å². The Morgan fingerprint density at radius 1 is 1.38 bits per heavy atom. The van der Waals surface area contributed by atoms with Crippen LogP contribution >= 0.6 is 0 Å². The van der Waals surface area contributed by atoms with Crippen molar-refractivity contribution in [2.75, 3.05) is 7.11 Å². The minimum Gasteiger partial charge on any atom is -0.481 e. The highest BCUT2D eigenvalue weighted by Crippen LogP contribution is 2.34. The summed E-state index contributed by atoms with van der Waals surface area (Å²) in [6.45, 7) is 1.89. The molecule has 2 aromatic rings. The number of aromatic nitrogens is 4. The molecule has 6 heteroatoms. The lowest BCUT2D eigenvalue weighted by Gasteiger charge is -2.10. The number of methoxy groups -OCH3 is 1. The van der Waals surface area contributed by atoms with E-state index in [1.807, 2.05) is 14.0 Å². The van der Waals surface area contributed by atoms with Gasteiger partial charge in [-0.3, -0.25) is 4.79 Å². The van der Waals surface area contributed by atoms with Gasteiger partial charge in [-0.1, -0.05) is 12.8 Å². The van der Waals surface area contributed by atoms with Crippen molar-refractivity contribution in [2.45, 2.75) is 38.5 Å². The molecular formula is C15H20N4O2. The first kappa shape index (κ1) is 13.9. The molecule has 2 heterocycles. The van der Waals surface area contributed by atoms with Crippen LogP contribution in [-0.4, -0.2) is 26.9 Å². The minimum atomic E-state index is -0.118. The first-order chi connectivity index (χ1) is 10.1. The smallest absolute Gasteiger partial charge is 0.251 e. The van der Waals surface area contributed by atoms with Crippen molar-refractivity contribution >= 4 is 0 Å². The van der Waals surface area contributed by atoms with Gasteiger partial charge in [0, 0.05) is 19.0 Å². The van der Waals surface area contributed by atoms with Gasteiger partial charge in [0.1, 0.15) is 11.4 Å². The van der Waals surface area contributed by atoms with Gasteiger partial charge >= 0.3 is 0 Å². The standard InChI is InChI=1S/C15H20N4O2/c1-9-13(15(21-3)19(2)18-9)14-16-11(8-12(20)17-14)10-6-4-5-7-10/h8,10H,4-7H2,1-3H3,(H,16,17,20). The van der Waals surface area contributed by atoms with Crippen molar-refractivity contribution in [1.29, 1.82) is 0 Å². The van der Waals surface area contributed by atoms with Crippen LogP contribution in [0.3, 0.4) is 0 Å². The van der Waals surface area contributed by atoms with Crippen LogP contribution in [0.5, 0.6) is 5.88 Å². The molecule has 0 amide bonds. The van der Waals surface area contributed by atoms with Crippen LogP contribution in [0.1, 0.15) is 43.0 Å². The Morgan fingerprint density at radius 2 is 2.10 bits per heavy atom. The second kappa shape index (κ2) is 5.35. The number of hydrogen-bond donors (Lipinski definition) is 1. The third-order valence-corrected chi connectivity index (χ3v) is 4.13. The predicted octanol–water partition coefficient (Wildman–Crippen LogP) is 2.15. The Morgan fingerprint density at radius 3 is 2.76 bits per heavy atom. The fourth-order valence-electron chi connectivity index (χ4n) is 3.17. The number of aromatic amines is 1. The van der Waals surface area contributed by atoms with Gasteiger partial charge in [0.25, 0.3) is 5.56 Å². The number of nitrogens with zero attached hydrogens (tertiary/aromatic N) is 3. The molecule has 0 saturated heterocycles. The van der Waals surface area contributed by atoms with Crippen LogP contribution in [0, 0.1) is 6.92 Å². The largest absolute Gasteiger partial charge is 0.481 e. The lowest BCUT2D eigenvalue weighted by atomic mass is 10.0. The van der Waals surface area contributed by atoms with Gasteiger partial charge in [0.15, 0.2) is 0 Å². The molecule has 2 aromatic heterocycles. The van der Waals surface area contributed by atoms with Crippen LogP contribution < -0.4 is 10.3 Å². The van der Waals surface area contributed by atoms with Crippen LogP contribution in [0.2, 0.25) is 0 Å². The summed E-state index contributed by atoms with van der Waals surface area (Å²) in [4.78, 5) is 19.5. The molecule has 1 fully saturated rings. The van der Waals surface area contributed by atoms with Gasteiger partial charge in [-0.25, -0.2) is 9.67 Å². The molecule has 0 radical (unpaired) electrons. The highest BCUT2D eigenvalue weighted by Gasteiger charge is 2.22. The molecule has 0 aromatic carbocycles. The summed E-state index contributed by atoms with van der Waals surface area (Å²) in [6.07, 6.45) is 4.64. The summed E-state index contributed by atoms with van der Waals surface area (Å²) < 4.78 is 7.05. The van der Waals surface area contributed by atoms with Crippen LogP contribution in [0.4, 0.5) is 0 Å². The maximum absolute atomic E-state index is 12.0. The number of H-pyrrole nitrogens is 1. The van der Waals surface area contributed by atoms with Crippen LogP contribution in [0.15, 0.2) is 10.9 Å². The maximum Gasteiger partial charge on any atom is 0.251 e. The zero-order chi connectivity index (χ0) is 15.0. The van der Waals surface area contributed by atoms with Crippen molar-refractivity contribution in [1.82, 2.24) is 19.7 Å². The first-order valence-electron chi connectivity index (χ1n) is 7.29. The summed E-state index contributed by atoms with van der Waals surface area (Å²) in [5.74, 6) is 1.56. The summed E-state index contributed by atoms with van der Waals surface area (Å²) in [6, 6.07) is 1.62. The van der Waals surface area contributed by atoms with Gasteiger partial charge in [-0.15, -0.1) is 0 Å². The predicted molar refractivity (Wildman–Crippen MR) is 79.6 cm³/mol. The quantitative estimate of drug-likeness (QED) is 0.939. The highest BCUT2D eigenvalue weighted by atomic mass is 16.5. The number of aryl methyl sites for hydroxylation is 2. The zero-order valence-corrected chi connectivity index (χ0v) is 12.6. The van der Waals surface area contributed by atoms with Gasteiger partial charge in [0.2, 0.25) is 5.88 Å². The molecule has 3 rings (SSSR count). The Bertz CT molecular complexity index is 711. The van der Waals surface area contributed by atoms with Gasteiger partial charge in [0.05, 0.1) is 18.5 Å². The van der Waals surface area contributed by atoms with Gasteiger partial charge in [-0.2, -0.15) is 5.10 Å². The van der Waals surface area contributed by atoms with Crippen molar-refractivity contribution < 1.29 is 4.74 Å². The van der Waals surface area contributed by atoms with E-state index in [1.165, 1.54) is 12.8 Å². The van der Waals surface area contributed by atoms with E-state index >= 15 is 0 Å². The van der Waals surface area contributed by atoms with E-state index in [0.29, 0.717) is 17.6 Å². The molecule has 21 heavy (non-hydrogen) atoms. The van der Waals surface area contributed by atoms with Gasteiger partial charge < -0.3 is 9.72 Å². The Labute approximate surface area is 123 Å². The maximum atomic E-state index is 12.0. The van der Waals surface area contributed by atoms with Crippen molar-refractivity contribution in [3.63, 3.8) is 0 Å². The molecule has 1 aliphatic carbocycles. The molecule has 0 spiro atoms. The summed E-state index contributed by atoms with van der Waals surface area (Å²) in [5, 5.41) is 4.34. The van der Waals surface area contributed by atoms with E-state index in [2.05, 4.69) is 15.1 Å². The van der Waals surface area contributed by atoms with E-state index in [0.717, 1.165) is 29.8 Å². The fraction of sp³-hybridized carbons (Fsp3) is 0.533. The average molecular weight is 288 g/mol. The lowest BCUT2D eigenvalue weighted by molar-refractivity contribution is 0.374. The lowest BCUT2D eigenvalue weighted by Crippen LogP contribution is -2.12. The van der Waals surface area contributed by atoms with E-state index < -0.39 is 0 Å². The number of hydrogen-bond acceptors (Lipinski definition) is 4. The Kier molecular flexibility index (Phi) is 3.53. The normalized spacial score (nSPS) is 15.6. The van der Waals surface area contributed by atoms with Crippen molar-refractivity contribution in [2.24, 2.45) is 7.05 Å². The molecule has 0 unspecified atom stereocenters. The third-order valence-electron chi connectivity index (χ3n) is 4.13. The molecule has 1 aliphatic rings. The zero-order valence-electron chi connectivity index (χ0n) is 12.6. The number of ether oxygens (including phenoxy) is 1. The minimum absolute atomic E-state index is 0.118. The van der Waals surface area contributed by atoms with Crippen molar-refractivity contribution in [3.05, 3.63) is 27.8 Å². The van der Waals surface area contributed by atoms with E-state index in [4.69, 9.17) is 4.74 Å². The molecule has 6 nitrogen and oxygen atoms in total. The van der Waals surface area contributed by atoms with E-state index in [-0.39, 0.29) is 5.56 Å². The molecule has 112 valence electrons. The molecule has 1 saturated carbocycles. The van der Waals surface area contributed by atoms with Crippen LogP contribution in [0.25, 0.3) is 11.4 Å². The van der Waals surface area contributed by atoms with E-state index in [9.17, 15) is 4.79 Å². The number of rotatable bonds is 3. The SMILES string of the molecule is COc1c(-c2nc(C3CCCC3)cc(=O)[nH]2)c(C)nn1C. The third kappa shape index (κ3) is 2.46. The van der Waals surface area contributed by atoms with Crippen molar-refractivity contribution in [3.8, 4) is 17.3 Å². The monoisotopic (exact) mass is 288 g/mol. The number of nitrogens with one attached hydrogen (secondary N) is 1. The first-order valence-corrected chi connectivity index (χ1v) is 7.29. The Balaban J connectivity index is 2.12. The summed E-state index contributed by atoms with van der Waals surface area (Å²) >= 11 is 0. The second-order valence-electron chi connectivity index (χ2n) is 5.59. The summed E-state index contributed by atoms with van der Waals surface area (Å²) in [7, 11) is 3.41. The summed E-state index contributed by atoms with van der Waals surface area (Å²) in [5.41, 5.74) is 2.32. The van der Waals surface area contributed by atoms with Crippen LogP contribution in [-0.2, 0) is 7.05 Å². The average Bonchev–Trinajstić information content (AvgIpc) is 3.05. The topological polar surface area (TPSA) is 72.8 Å². The van der Waals surface area contributed by atoms with Gasteiger partial charge in [-0.05, 0) is 19.8 Å². The second-order valence-corrected chi connectivity index (χ2v) is 5.59. The molecular weight excluding hydrogens is 268 g/mol. The fourth-order valence-corrected chi connectivity index (χ4v) is 3.17. The molecule has 0 atom stereocenters. The molecule has 1 N–H and O–H groups in total. The molecule has 0 aliphatic heterocycles. The highest BCUT2D eigenvalue weighted by molar-refractivity contribution is 5.65. The Hall–Kier alpha value is -2.11.